The summed E-state index contributed by atoms with van der Waals surface area (Å²) in [6.45, 7) is 2.20. The van der Waals surface area contributed by atoms with Gasteiger partial charge in [-0.3, -0.25) is 9.98 Å². The first kappa shape index (κ1) is 32.6. The van der Waals surface area contributed by atoms with Crippen LogP contribution in [0.4, 0.5) is 17.1 Å². The SMILES string of the molecule is CC12C=CC=C(c3ccccc3)C1N=C(c1ccc(N(c3ccccc3)c3ccc4c(c3)c3ccccc3n4-c3ccccc3)cc1)C(c1ccccc1)=N2. The third kappa shape index (κ3) is 5.71. The first-order chi connectivity index (χ1) is 27.1. The molecule has 1 aliphatic carbocycles. The largest absolute Gasteiger partial charge is 0.310 e. The first-order valence-electron chi connectivity index (χ1n) is 18.9. The molecule has 7 aromatic carbocycles. The molecule has 0 amide bonds. The monoisotopic (exact) mass is 706 g/mol. The van der Waals surface area contributed by atoms with Crippen LogP contribution in [0.1, 0.15) is 23.6 Å². The highest BCUT2D eigenvalue weighted by Gasteiger charge is 2.41. The zero-order valence-corrected chi connectivity index (χ0v) is 30.5. The molecule has 0 N–H and O–H groups in total. The van der Waals surface area contributed by atoms with Crippen molar-refractivity contribution in [3.05, 3.63) is 223 Å². The van der Waals surface area contributed by atoms with Gasteiger partial charge in [-0.25, -0.2) is 0 Å². The van der Waals surface area contributed by atoms with Gasteiger partial charge < -0.3 is 9.47 Å². The van der Waals surface area contributed by atoms with Gasteiger partial charge in [-0.05, 0) is 78.7 Å². The summed E-state index contributed by atoms with van der Waals surface area (Å²) in [6.07, 6.45) is 6.53. The molecule has 2 unspecified atom stereocenters. The summed E-state index contributed by atoms with van der Waals surface area (Å²) in [7, 11) is 0. The van der Waals surface area contributed by atoms with E-state index in [1.54, 1.807) is 0 Å². The molecular weight excluding hydrogens is 669 g/mol. The molecule has 262 valence electrons. The number of hydrogen-bond acceptors (Lipinski definition) is 3. The molecule has 55 heavy (non-hydrogen) atoms. The van der Waals surface area contributed by atoms with Gasteiger partial charge in [-0.2, -0.15) is 0 Å². The van der Waals surface area contributed by atoms with Crippen LogP contribution >= 0.6 is 0 Å². The second-order valence-electron chi connectivity index (χ2n) is 14.4. The van der Waals surface area contributed by atoms with Crippen molar-refractivity contribution in [3.63, 3.8) is 0 Å². The van der Waals surface area contributed by atoms with Crippen molar-refractivity contribution >= 4 is 55.9 Å². The molecule has 8 aromatic rings. The van der Waals surface area contributed by atoms with Gasteiger partial charge in [0.25, 0.3) is 0 Å². The van der Waals surface area contributed by atoms with Crippen molar-refractivity contribution in [2.24, 2.45) is 9.98 Å². The van der Waals surface area contributed by atoms with Crippen molar-refractivity contribution in [3.8, 4) is 5.69 Å². The van der Waals surface area contributed by atoms with Gasteiger partial charge in [0, 0.05) is 44.6 Å². The summed E-state index contributed by atoms with van der Waals surface area (Å²) >= 11 is 0. The Hall–Kier alpha value is -7.04. The first-order valence-corrected chi connectivity index (χ1v) is 18.9. The Kier molecular flexibility index (Phi) is 7.96. The number of allylic oxidation sites excluding steroid dienone is 2. The standard InChI is InChI=1S/C51H38N4/c1-51-34-16-26-43(36-17-6-2-7-18-36)50(51)52-48(49(53-51)37-19-8-3-9-20-37)38-28-30-41(31-29-38)54(39-21-10-4-11-22-39)42-32-33-47-45(35-42)44-25-14-15-27-46(44)55(47)40-23-12-5-13-24-40/h2-35,50H,1H3. The fourth-order valence-electron chi connectivity index (χ4n) is 8.27. The van der Waals surface area contributed by atoms with E-state index in [1.807, 2.05) is 0 Å². The Bertz CT molecular complexity index is 2800. The maximum absolute atomic E-state index is 5.59. The molecule has 10 rings (SSSR count). The van der Waals surface area contributed by atoms with Gasteiger partial charge in [0.15, 0.2) is 0 Å². The van der Waals surface area contributed by atoms with Crippen LogP contribution in [0.3, 0.4) is 0 Å². The Balaban J connectivity index is 1.09. The van der Waals surface area contributed by atoms with Crippen molar-refractivity contribution in [1.82, 2.24) is 4.57 Å². The van der Waals surface area contributed by atoms with E-state index in [1.165, 1.54) is 32.9 Å². The highest BCUT2D eigenvalue weighted by atomic mass is 15.1. The smallest absolute Gasteiger partial charge is 0.105 e. The number of fused-ring (bicyclic) bond motifs is 4. The number of benzene rings is 7. The summed E-state index contributed by atoms with van der Waals surface area (Å²) in [5.74, 6) is 0. The van der Waals surface area contributed by atoms with Crippen LogP contribution in [0, 0.1) is 0 Å². The van der Waals surface area contributed by atoms with Crippen LogP contribution in [-0.4, -0.2) is 27.6 Å². The van der Waals surface area contributed by atoms with E-state index in [9.17, 15) is 0 Å². The minimum absolute atomic E-state index is 0.160. The Morgan fingerprint density at radius 2 is 1.07 bits per heavy atom. The lowest BCUT2D eigenvalue weighted by atomic mass is 9.78. The summed E-state index contributed by atoms with van der Waals surface area (Å²) in [6, 6.07) is 66.5. The number of rotatable bonds is 7. The summed E-state index contributed by atoms with van der Waals surface area (Å²) < 4.78 is 2.36. The zero-order valence-electron chi connectivity index (χ0n) is 30.5. The van der Waals surface area contributed by atoms with Crippen LogP contribution in [-0.2, 0) is 0 Å². The molecule has 0 saturated heterocycles. The number of anilines is 3. The average Bonchev–Trinajstić information content (AvgIpc) is 3.58. The highest BCUT2D eigenvalue weighted by Crippen LogP contribution is 2.42. The number of aromatic nitrogens is 1. The molecule has 0 spiro atoms. The third-order valence-electron chi connectivity index (χ3n) is 10.9. The predicted octanol–water partition coefficient (Wildman–Crippen LogP) is 12.3. The molecule has 0 saturated carbocycles. The Morgan fingerprint density at radius 1 is 0.509 bits per heavy atom. The number of para-hydroxylation sites is 3. The Morgan fingerprint density at radius 3 is 1.80 bits per heavy atom. The van der Waals surface area contributed by atoms with E-state index in [2.05, 4.69) is 223 Å². The van der Waals surface area contributed by atoms with Gasteiger partial charge >= 0.3 is 0 Å². The molecular formula is C51H38N4. The summed E-state index contributed by atoms with van der Waals surface area (Å²) in [4.78, 5) is 13.4. The second-order valence-corrected chi connectivity index (χ2v) is 14.4. The molecule has 1 aliphatic heterocycles. The fraction of sp³-hybridized carbons (Fsp3) is 0.0588. The minimum Gasteiger partial charge on any atom is -0.310 e. The van der Waals surface area contributed by atoms with Crippen molar-refractivity contribution < 1.29 is 0 Å². The molecule has 4 nitrogen and oxygen atoms in total. The molecule has 0 radical (unpaired) electrons. The molecule has 1 aromatic heterocycles. The van der Waals surface area contributed by atoms with E-state index in [0.717, 1.165) is 45.3 Å². The topological polar surface area (TPSA) is 32.9 Å². The average molecular weight is 707 g/mol. The van der Waals surface area contributed by atoms with Gasteiger partial charge in [-0.15, -0.1) is 0 Å². The lowest BCUT2D eigenvalue weighted by Gasteiger charge is -2.38. The maximum Gasteiger partial charge on any atom is 0.105 e. The molecule has 4 heteroatoms. The van der Waals surface area contributed by atoms with Crippen molar-refractivity contribution in [1.29, 1.82) is 0 Å². The van der Waals surface area contributed by atoms with Gasteiger partial charge in [0.1, 0.15) is 11.6 Å². The summed E-state index contributed by atoms with van der Waals surface area (Å²) in [5, 5.41) is 2.43. The fourth-order valence-corrected chi connectivity index (χ4v) is 8.27. The van der Waals surface area contributed by atoms with E-state index >= 15 is 0 Å². The molecule has 2 heterocycles. The van der Waals surface area contributed by atoms with Crippen molar-refractivity contribution in [2.75, 3.05) is 4.90 Å². The van der Waals surface area contributed by atoms with Gasteiger partial charge in [0.05, 0.1) is 22.5 Å². The molecule has 0 bridgehead atoms. The van der Waals surface area contributed by atoms with Crippen LogP contribution in [0.25, 0.3) is 33.1 Å². The quantitative estimate of drug-likeness (QED) is 0.162. The number of aliphatic imine (C=N–C) groups is 2. The lowest BCUT2D eigenvalue weighted by Crippen LogP contribution is -2.43. The minimum atomic E-state index is -0.513. The van der Waals surface area contributed by atoms with Crippen LogP contribution in [0.2, 0.25) is 0 Å². The third-order valence-corrected chi connectivity index (χ3v) is 10.9. The second kappa shape index (κ2) is 13.4. The van der Waals surface area contributed by atoms with Gasteiger partial charge in [-0.1, -0.05) is 146 Å². The van der Waals surface area contributed by atoms with E-state index in [0.29, 0.717) is 0 Å². The number of nitrogens with zero attached hydrogens (tertiary/aromatic N) is 4. The molecule has 2 atom stereocenters. The van der Waals surface area contributed by atoms with Gasteiger partial charge in [0.2, 0.25) is 0 Å². The highest BCUT2D eigenvalue weighted by molar-refractivity contribution is 6.54. The predicted molar refractivity (Wildman–Crippen MR) is 231 cm³/mol. The maximum atomic E-state index is 5.59. The van der Waals surface area contributed by atoms with Crippen LogP contribution in [0.5, 0.6) is 0 Å². The summed E-state index contributed by atoms with van der Waals surface area (Å²) in [5.41, 5.74) is 12.5. The van der Waals surface area contributed by atoms with E-state index < -0.39 is 5.54 Å². The Labute approximate surface area is 321 Å². The van der Waals surface area contributed by atoms with E-state index in [-0.39, 0.29) is 6.04 Å². The zero-order chi connectivity index (χ0) is 36.8. The van der Waals surface area contributed by atoms with Crippen molar-refractivity contribution in [2.45, 2.75) is 18.5 Å². The molecule has 2 aliphatic rings. The van der Waals surface area contributed by atoms with Crippen LogP contribution in [0.15, 0.2) is 216 Å². The van der Waals surface area contributed by atoms with Crippen LogP contribution < -0.4 is 4.90 Å². The normalized spacial score (nSPS) is 17.7. The lowest BCUT2D eigenvalue weighted by molar-refractivity contribution is 0.526. The van der Waals surface area contributed by atoms with E-state index in [4.69, 9.17) is 9.98 Å². The number of hydrogen-bond donors (Lipinski definition) is 0. The molecule has 0 fully saturated rings.